The maximum Gasteiger partial charge on any atom is 0.337 e. The number of esters is 1. The van der Waals surface area contributed by atoms with Crippen LogP contribution in [0.2, 0.25) is 0 Å². The van der Waals surface area contributed by atoms with Gasteiger partial charge in [0.2, 0.25) is 5.89 Å². The van der Waals surface area contributed by atoms with Crippen LogP contribution in [0, 0.1) is 13.8 Å². The van der Waals surface area contributed by atoms with Crippen LogP contribution in [0.15, 0.2) is 40.0 Å². The number of carbonyl (C=O) groups excluding carboxylic acids is 2. The molecule has 1 amide bonds. The highest BCUT2D eigenvalue weighted by atomic mass is 16.5. The van der Waals surface area contributed by atoms with Crippen molar-refractivity contribution >= 4 is 17.6 Å². The van der Waals surface area contributed by atoms with Crippen LogP contribution in [-0.4, -0.2) is 53.7 Å². The minimum atomic E-state index is -0.575. The number of anilines is 1. The molecule has 8 heteroatoms. The molecule has 0 radical (unpaired) electrons. The molecule has 2 aromatic rings. The van der Waals surface area contributed by atoms with Gasteiger partial charge in [0.1, 0.15) is 11.5 Å². The first-order valence-electron chi connectivity index (χ1n) is 8.47. The monoisotopic (exact) mass is 371 g/mol. The van der Waals surface area contributed by atoms with Crippen molar-refractivity contribution in [1.29, 1.82) is 0 Å². The summed E-state index contributed by atoms with van der Waals surface area (Å²) in [5.41, 5.74) is 2.67. The summed E-state index contributed by atoms with van der Waals surface area (Å²) in [5.74, 6) is 0.360. The number of hydrogen-bond donors (Lipinski definition) is 2. The van der Waals surface area contributed by atoms with Crippen molar-refractivity contribution in [2.45, 2.75) is 13.8 Å². The molecule has 2 N–H and O–H groups in total. The molecule has 0 saturated carbocycles. The number of carbonyl (C=O) groups is 2. The van der Waals surface area contributed by atoms with Crippen molar-refractivity contribution in [2.24, 2.45) is 0 Å². The summed E-state index contributed by atoms with van der Waals surface area (Å²) in [6.07, 6.45) is 0. The zero-order valence-electron chi connectivity index (χ0n) is 15.4. The Kier molecular flexibility index (Phi) is 5.27. The quantitative estimate of drug-likeness (QED) is 0.744. The Labute approximate surface area is 156 Å². The molecular formula is C19H21N3O5. The summed E-state index contributed by atoms with van der Waals surface area (Å²) < 4.78 is 10.4. The SMILES string of the molecule is COC(=O)C1=C(Nc2ccc(-c3nc(C)c(C)o3)cc2)C(=O)N(CCO)C1. The number of hydrogen-bond acceptors (Lipinski definition) is 7. The van der Waals surface area contributed by atoms with Crippen LogP contribution in [0.3, 0.4) is 0 Å². The number of aryl methyl sites for hydroxylation is 2. The smallest absolute Gasteiger partial charge is 0.337 e. The molecule has 2 heterocycles. The van der Waals surface area contributed by atoms with E-state index >= 15 is 0 Å². The highest BCUT2D eigenvalue weighted by Gasteiger charge is 2.34. The Bertz CT molecular complexity index is 879. The molecule has 3 rings (SSSR count). The summed E-state index contributed by atoms with van der Waals surface area (Å²) in [5, 5.41) is 12.1. The molecule has 0 saturated heterocycles. The fraction of sp³-hybridized carbons (Fsp3) is 0.316. The second-order valence-electron chi connectivity index (χ2n) is 6.16. The molecule has 0 spiro atoms. The molecule has 27 heavy (non-hydrogen) atoms. The van der Waals surface area contributed by atoms with E-state index < -0.39 is 5.97 Å². The largest absolute Gasteiger partial charge is 0.466 e. The average Bonchev–Trinajstić information content (AvgIpc) is 3.16. The normalized spacial score (nSPS) is 14.1. The average molecular weight is 371 g/mol. The highest BCUT2D eigenvalue weighted by molar-refractivity contribution is 6.08. The van der Waals surface area contributed by atoms with E-state index in [0.29, 0.717) is 11.6 Å². The number of nitrogens with zero attached hydrogens (tertiary/aromatic N) is 2. The molecule has 1 aliphatic rings. The summed E-state index contributed by atoms with van der Waals surface area (Å²) >= 11 is 0. The minimum absolute atomic E-state index is 0.0986. The lowest BCUT2D eigenvalue weighted by Crippen LogP contribution is -2.31. The summed E-state index contributed by atoms with van der Waals surface area (Å²) in [6, 6.07) is 7.18. The maximum absolute atomic E-state index is 12.5. The number of benzene rings is 1. The van der Waals surface area contributed by atoms with Gasteiger partial charge < -0.3 is 24.5 Å². The fourth-order valence-corrected chi connectivity index (χ4v) is 2.79. The van der Waals surface area contributed by atoms with Crippen LogP contribution in [0.5, 0.6) is 0 Å². The van der Waals surface area contributed by atoms with Crippen molar-refractivity contribution in [3.8, 4) is 11.5 Å². The number of methoxy groups -OCH3 is 1. The zero-order valence-corrected chi connectivity index (χ0v) is 15.4. The number of rotatable bonds is 6. The van der Waals surface area contributed by atoms with Gasteiger partial charge in [-0.3, -0.25) is 4.79 Å². The topological polar surface area (TPSA) is 105 Å². The molecule has 1 aromatic heterocycles. The second kappa shape index (κ2) is 7.63. The van der Waals surface area contributed by atoms with Crippen LogP contribution < -0.4 is 5.32 Å². The maximum atomic E-state index is 12.5. The number of aliphatic hydroxyl groups is 1. The molecule has 0 fully saturated rings. The number of aromatic nitrogens is 1. The van der Waals surface area contributed by atoms with Gasteiger partial charge in [0.05, 0.1) is 31.5 Å². The van der Waals surface area contributed by atoms with Crippen LogP contribution in [0.25, 0.3) is 11.5 Å². The highest BCUT2D eigenvalue weighted by Crippen LogP contribution is 2.26. The number of ether oxygens (including phenoxy) is 1. The standard InChI is InChI=1S/C19H21N3O5/c1-11-12(2)27-17(20-11)13-4-6-14(7-5-13)21-16-15(19(25)26-3)10-22(8-9-23)18(16)24/h4-7,21,23H,8-10H2,1-3H3. The first kappa shape index (κ1) is 18.7. The van der Waals surface area contributed by atoms with Gasteiger partial charge in [-0.05, 0) is 38.1 Å². The first-order chi connectivity index (χ1) is 12.9. The van der Waals surface area contributed by atoms with E-state index in [1.807, 2.05) is 26.0 Å². The fourth-order valence-electron chi connectivity index (χ4n) is 2.79. The summed E-state index contributed by atoms with van der Waals surface area (Å²) in [7, 11) is 1.27. The minimum Gasteiger partial charge on any atom is -0.466 e. The molecule has 8 nitrogen and oxygen atoms in total. The van der Waals surface area contributed by atoms with Crippen LogP contribution >= 0.6 is 0 Å². The molecule has 0 atom stereocenters. The lowest BCUT2D eigenvalue weighted by molar-refractivity contribution is -0.136. The third-order valence-corrected chi connectivity index (χ3v) is 4.38. The van der Waals surface area contributed by atoms with E-state index in [1.165, 1.54) is 12.0 Å². The Balaban J connectivity index is 1.83. The van der Waals surface area contributed by atoms with Gasteiger partial charge in [-0.2, -0.15) is 0 Å². The number of amides is 1. The summed E-state index contributed by atoms with van der Waals surface area (Å²) in [4.78, 5) is 30.3. The van der Waals surface area contributed by atoms with Gasteiger partial charge in [-0.15, -0.1) is 0 Å². The van der Waals surface area contributed by atoms with Gasteiger partial charge in [0.25, 0.3) is 5.91 Å². The van der Waals surface area contributed by atoms with E-state index in [1.54, 1.807) is 12.1 Å². The van der Waals surface area contributed by atoms with Crippen molar-refractivity contribution in [3.63, 3.8) is 0 Å². The second-order valence-corrected chi connectivity index (χ2v) is 6.16. The molecule has 0 bridgehead atoms. The van der Waals surface area contributed by atoms with E-state index in [-0.39, 0.29) is 36.9 Å². The number of oxazole rings is 1. The Morgan fingerprint density at radius 2 is 2.04 bits per heavy atom. The number of β-amino-alcohol motifs (C(OH)–C–C–N with tert-alkyl or cyclic N) is 1. The number of nitrogens with one attached hydrogen (secondary N) is 1. The molecule has 1 aromatic carbocycles. The summed E-state index contributed by atoms with van der Waals surface area (Å²) in [6.45, 7) is 3.79. The van der Waals surface area contributed by atoms with Crippen LogP contribution in [-0.2, 0) is 14.3 Å². The van der Waals surface area contributed by atoms with E-state index in [9.17, 15) is 9.59 Å². The predicted octanol–water partition coefficient (Wildman–Crippen LogP) is 1.63. The molecule has 1 aliphatic heterocycles. The van der Waals surface area contributed by atoms with E-state index in [0.717, 1.165) is 17.0 Å². The Morgan fingerprint density at radius 3 is 2.59 bits per heavy atom. The molecule has 0 aliphatic carbocycles. The third-order valence-electron chi connectivity index (χ3n) is 4.38. The van der Waals surface area contributed by atoms with Gasteiger partial charge in [0.15, 0.2) is 0 Å². The lowest BCUT2D eigenvalue weighted by Gasteiger charge is -2.15. The lowest BCUT2D eigenvalue weighted by atomic mass is 10.2. The van der Waals surface area contributed by atoms with Crippen molar-refractivity contribution < 1.29 is 23.8 Å². The van der Waals surface area contributed by atoms with Crippen molar-refractivity contribution in [3.05, 3.63) is 47.0 Å². The Morgan fingerprint density at radius 1 is 1.33 bits per heavy atom. The van der Waals surface area contributed by atoms with Crippen LogP contribution in [0.4, 0.5) is 5.69 Å². The zero-order chi connectivity index (χ0) is 19.6. The molecular weight excluding hydrogens is 350 g/mol. The van der Waals surface area contributed by atoms with Gasteiger partial charge in [-0.25, -0.2) is 9.78 Å². The van der Waals surface area contributed by atoms with Crippen LogP contribution in [0.1, 0.15) is 11.5 Å². The van der Waals surface area contributed by atoms with E-state index in [2.05, 4.69) is 10.3 Å². The van der Waals surface area contributed by atoms with Gasteiger partial charge in [0, 0.05) is 17.8 Å². The van der Waals surface area contributed by atoms with Crippen molar-refractivity contribution in [1.82, 2.24) is 9.88 Å². The molecule has 0 unspecified atom stereocenters. The van der Waals surface area contributed by atoms with Gasteiger partial charge >= 0.3 is 5.97 Å². The van der Waals surface area contributed by atoms with E-state index in [4.69, 9.17) is 14.3 Å². The third kappa shape index (κ3) is 3.70. The predicted molar refractivity (Wildman–Crippen MR) is 97.7 cm³/mol. The Hall–Kier alpha value is -3.13. The van der Waals surface area contributed by atoms with Gasteiger partial charge in [-0.1, -0.05) is 0 Å². The van der Waals surface area contributed by atoms with Crippen molar-refractivity contribution in [2.75, 3.05) is 32.1 Å². The first-order valence-corrected chi connectivity index (χ1v) is 8.47. The molecule has 142 valence electrons. The number of aliphatic hydroxyl groups excluding tert-OH is 1.